The molecule has 6 nitrogen and oxygen atoms in total. The van der Waals surface area contributed by atoms with Gasteiger partial charge in [0, 0.05) is 16.6 Å². The third-order valence-electron chi connectivity index (χ3n) is 2.29. The monoisotopic (exact) mass is 311 g/mol. The summed E-state index contributed by atoms with van der Waals surface area (Å²) in [5.74, 6) is -1.33. The maximum atomic E-state index is 12.0. The molecule has 2 aromatic heterocycles. The highest BCUT2D eigenvalue weighted by Crippen LogP contribution is 2.18. The Morgan fingerprint density at radius 1 is 1.40 bits per heavy atom. The van der Waals surface area contributed by atoms with E-state index in [4.69, 9.17) is 16.7 Å². The van der Waals surface area contributed by atoms with Crippen LogP contribution >= 0.6 is 22.9 Å². The van der Waals surface area contributed by atoms with Crippen molar-refractivity contribution in [2.45, 2.75) is 13.3 Å². The Labute approximate surface area is 123 Å². The molecule has 0 radical (unpaired) electrons. The summed E-state index contributed by atoms with van der Waals surface area (Å²) in [6.45, 7) is 1.73. The summed E-state index contributed by atoms with van der Waals surface area (Å²) >= 11 is 6.96. The van der Waals surface area contributed by atoms with Crippen molar-refractivity contribution >= 4 is 39.9 Å². The molecule has 0 aliphatic heterocycles. The Bertz CT molecular complexity index is 651. The largest absolute Gasteiger partial charge is 0.481 e. The average Bonchev–Trinajstić information content (AvgIpc) is 2.74. The van der Waals surface area contributed by atoms with Crippen LogP contribution in [0.3, 0.4) is 0 Å². The Kier molecular flexibility index (Phi) is 4.31. The molecule has 2 rings (SSSR count). The summed E-state index contributed by atoms with van der Waals surface area (Å²) in [6, 6.07) is 3.06. The summed E-state index contributed by atoms with van der Waals surface area (Å²) < 4.78 is 0. The topological polar surface area (TPSA) is 92.2 Å². The van der Waals surface area contributed by atoms with Gasteiger partial charge in [0.05, 0.1) is 12.1 Å². The van der Waals surface area contributed by atoms with E-state index in [9.17, 15) is 9.59 Å². The molecule has 0 aromatic carbocycles. The van der Waals surface area contributed by atoms with E-state index in [1.54, 1.807) is 18.4 Å². The number of aromatic nitrogens is 2. The second-order valence-corrected chi connectivity index (χ2v) is 5.23. The molecule has 0 fully saturated rings. The molecule has 0 atom stereocenters. The number of carbonyl (C=O) groups is 2. The second-order valence-electron chi connectivity index (χ2n) is 3.99. The molecule has 104 valence electrons. The first-order chi connectivity index (χ1) is 9.44. The van der Waals surface area contributed by atoms with Gasteiger partial charge < -0.3 is 5.11 Å². The molecule has 1 amide bonds. The fourth-order valence-electron chi connectivity index (χ4n) is 1.53. The van der Waals surface area contributed by atoms with Crippen molar-refractivity contribution in [3.8, 4) is 0 Å². The van der Waals surface area contributed by atoms with E-state index in [0.717, 1.165) is 0 Å². The average molecular weight is 312 g/mol. The molecular weight excluding hydrogens is 302 g/mol. The molecule has 2 N–H and O–H groups in total. The standard InChI is InChI=1S/C12H10ClN3O3S/c1-6-2-7(3-9(13)14-6)11(19)16-12-15-8(5-20-12)4-10(17)18/h2-3,5H,4H2,1H3,(H,17,18)(H,15,16,19). The van der Waals surface area contributed by atoms with Crippen LogP contribution in [0.2, 0.25) is 5.15 Å². The first-order valence-electron chi connectivity index (χ1n) is 5.56. The number of hydrogen-bond acceptors (Lipinski definition) is 5. The van der Waals surface area contributed by atoms with E-state index in [-0.39, 0.29) is 17.5 Å². The fourth-order valence-corrected chi connectivity index (χ4v) is 2.49. The van der Waals surface area contributed by atoms with Crippen molar-refractivity contribution < 1.29 is 14.7 Å². The Balaban J connectivity index is 2.11. The van der Waals surface area contributed by atoms with Gasteiger partial charge in [0.15, 0.2) is 5.13 Å². The number of halogens is 1. The number of nitrogens with zero attached hydrogens (tertiary/aromatic N) is 2. The predicted molar refractivity (Wildman–Crippen MR) is 75.4 cm³/mol. The molecule has 2 aromatic rings. The normalized spacial score (nSPS) is 10.3. The lowest BCUT2D eigenvalue weighted by Gasteiger charge is -2.03. The van der Waals surface area contributed by atoms with Crippen LogP contribution in [-0.2, 0) is 11.2 Å². The number of carboxylic acid groups (broad SMARTS) is 1. The number of carboxylic acids is 1. The van der Waals surface area contributed by atoms with Gasteiger partial charge in [-0.15, -0.1) is 11.3 Å². The van der Waals surface area contributed by atoms with Crippen molar-refractivity contribution in [1.29, 1.82) is 0 Å². The van der Waals surface area contributed by atoms with Crippen LogP contribution in [0.1, 0.15) is 21.7 Å². The van der Waals surface area contributed by atoms with Gasteiger partial charge in [-0.1, -0.05) is 11.6 Å². The molecule has 0 saturated carbocycles. The van der Waals surface area contributed by atoms with Crippen molar-refractivity contribution in [3.63, 3.8) is 0 Å². The highest BCUT2D eigenvalue weighted by molar-refractivity contribution is 7.14. The highest BCUT2D eigenvalue weighted by atomic mass is 35.5. The fraction of sp³-hybridized carbons (Fsp3) is 0.167. The number of anilines is 1. The first kappa shape index (κ1) is 14.4. The number of carbonyl (C=O) groups excluding carboxylic acids is 1. The lowest BCUT2D eigenvalue weighted by atomic mass is 10.2. The van der Waals surface area contributed by atoms with E-state index < -0.39 is 5.97 Å². The van der Waals surface area contributed by atoms with Crippen LogP contribution in [0.5, 0.6) is 0 Å². The number of hydrogen-bond donors (Lipinski definition) is 2. The zero-order valence-electron chi connectivity index (χ0n) is 10.4. The Hall–Kier alpha value is -1.99. The number of nitrogens with one attached hydrogen (secondary N) is 1. The number of pyridine rings is 1. The first-order valence-corrected chi connectivity index (χ1v) is 6.81. The molecule has 0 unspecified atom stereocenters. The summed E-state index contributed by atoms with van der Waals surface area (Å²) in [5, 5.41) is 13.4. The highest BCUT2D eigenvalue weighted by Gasteiger charge is 2.12. The number of aliphatic carboxylic acids is 1. The van der Waals surface area contributed by atoms with E-state index in [0.29, 0.717) is 22.1 Å². The van der Waals surface area contributed by atoms with Crippen molar-refractivity contribution in [2.24, 2.45) is 0 Å². The number of rotatable bonds is 4. The summed E-state index contributed by atoms with van der Waals surface area (Å²) in [4.78, 5) is 30.5. The molecule has 0 spiro atoms. The minimum Gasteiger partial charge on any atom is -0.481 e. The van der Waals surface area contributed by atoms with Crippen molar-refractivity contribution in [3.05, 3.63) is 39.6 Å². The van der Waals surface area contributed by atoms with Crippen LogP contribution in [0, 0.1) is 6.92 Å². The van der Waals surface area contributed by atoms with Crippen LogP contribution in [0.25, 0.3) is 0 Å². The molecule has 8 heteroatoms. The van der Waals surface area contributed by atoms with Gasteiger partial charge in [0.2, 0.25) is 0 Å². The van der Waals surface area contributed by atoms with Gasteiger partial charge >= 0.3 is 5.97 Å². The van der Waals surface area contributed by atoms with Gasteiger partial charge in [0.1, 0.15) is 5.15 Å². The van der Waals surface area contributed by atoms with Gasteiger partial charge in [-0.05, 0) is 19.1 Å². The number of aryl methyl sites for hydroxylation is 1. The Morgan fingerprint density at radius 2 is 2.15 bits per heavy atom. The van der Waals surface area contributed by atoms with Crippen LogP contribution in [0.4, 0.5) is 5.13 Å². The predicted octanol–water partition coefficient (Wildman–Crippen LogP) is 2.38. The molecule has 0 aliphatic rings. The lowest BCUT2D eigenvalue weighted by molar-refractivity contribution is -0.136. The SMILES string of the molecule is Cc1cc(C(=O)Nc2nc(CC(=O)O)cs2)cc(Cl)n1. The molecule has 2 heterocycles. The number of thiazole rings is 1. The minimum absolute atomic E-state index is 0.174. The molecule has 20 heavy (non-hydrogen) atoms. The molecule has 0 bridgehead atoms. The summed E-state index contributed by atoms with van der Waals surface area (Å²) in [6.07, 6.45) is -0.174. The summed E-state index contributed by atoms with van der Waals surface area (Å²) in [5.41, 5.74) is 1.41. The molecular formula is C12H10ClN3O3S. The van der Waals surface area contributed by atoms with Gasteiger partial charge in [-0.2, -0.15) is 0 Å². The van der Waals surface area contributed by atoms with Crippen molar-refractivity contribution in [1.82, 2.24) is 9.97 Å². The summed E-state index contributed by atoms with van der Waals surface area (Å²) in [7, 11) is 0. The third-order valence-corrected chi connectivity index (χ3v) is 3.29. The zero-order valence-corrected chi connectivity index (χ0v) is 12.0. The third kappa shape index (κ3) is 3.75. The second kappa shape index (κ2) is 5.98. The van der Waals surface area contributed by atoms with E-state index in [1.807, 2.05) is 0 Å². The van der Waals surface area contributed by atoms with Gasteiger partial charge in [-0.25, -0.2) is 9.97 Å². The maximum Gasteiger partial charge on any atom is 0.309 e. The van der Waals surface area contributed by atoms with Crippen molar-refractivity contribution in [2.75, 3.05) is 5.32 Å². The minimum atomic E-state index is -0.968. The zero-order chi connectivity index (χ0) is 14.7. The smallest absolute Gasteiger partial charge is 0.309 e. The molecule has 0 saturated heterocycles. The Morgan fingerprint density at radius 3 is 2.80 bits per heavy atom. The quantitative estimate of drug-likeness (QED) is 0.846. The van der Waals surface area contributed by atoms with Crippen LogP contribution in [0.15, 0.2) is 17.5 Å². The number of amides is 1. The maximum absolute atomic E-state index is 12.0. The van der Waals surface area contributed by atoms with E-state index >= 15 is 0 Å². The van der Waals surface area contributed by atoms with Crippen LogP contribution in [-0.4, -0.2) is 27.0 Å². The van der Waals surface area contributed by atoms with Crippen LogP contribution < -0.4 is 5.32 Å². The lowest BCUT2D eigenvalue weighted by Crippen LogP contribution is -2.12. The van der Waals surface area contributed by atoms with Gasteiger partial charge in [-0.3, -0.25) is 14.9 Å². The molecule has 0 aliphatic carbocycles. The van der Waals surface area contributed by atoms with Gasteiger partial charge in [0.25, 0.3) is 5.91 Å². The van der Waals surface area contributed by atoms with E-state index in [1.165, 1.54) is 17.4 Å². The van der Waals surface area contributed by atoms with E-state index in [2.05, 4.69) is 15.3 Å².